The van der Waals surface area contributed by atoms with Crippen LogP contribution in [0.25, 0.3) is 0 Å². The molecule has 1 saturated carbocycles. The lowest BCUT2D eigenvalue weighted by molar-refractivity contribution is -0.142. The van der Waals surface area contributed by atoms with Crippen LogP contribution < -0.4 is 0 Å². The van der Waals surface area contributed by atoms with Crippen molar-refractivity contribution in [2.45, 2.75) is 64.2 Å². The standard InChI is InChI=1S/C14H26O3/c15-11-5-10-13(14(16)17)9-4-8-12-6-2-1-3-7-12/h12-13,15H,1-11H2,(H,16,17). The first-order chi connectivity index (χ1) is 8.24. The maximum Gasteiger partial charge on any atom is 0.306 e. The number of hydrogen-bond donors (Lipinski definition) is 2. The molecule has 0 heterocycles. The summed E-state index contributed by atoms with van der Waals surface area (Å²) >= 11 is 0. The Labute approximate surface area is 104 Å². The lowest BCUT2D eigenvalue weighted by atomic mass is 9.84. The van der Waals surface area contributed by atoms with E-state index in [0.29, 0.717) is 12.8 Å². The molecular formula is C14H26O3. The molecule has 0 aromatic rings. The number of carboxylic acid groups (broad SMARTS) is 1. The first-order valence-corrected chi connectivity index (χ1v) is 7.07. The van der Waals surface area contributed by atoms with Crippen LogP contribution in [0.5, 0.6) is 0 Å². The molecule has 3 nitrogen and oxygen atoms in total. The molecular weight excluding hydrogens is 216 g/mol. The predicted octanol–water partition coefficient (Wildman–Crippen LogP) is 3.21. The van der Waals surface area contributed by atoms with Gasteiger partial charge >= 0.3 is 5.97 Å². The van der Waals surface area contributed by atoms with E-state index in [4.69, 9.17) is 10.2 Å². The Hall–Kier alpha value is -0.570. The van der Waals surface area contributed by atoms with Gasteiger partial charge in [0.15, 0.2) is 0 Å². The van der Waals surface area contributed by atoms with E-state index in [2.05, 4.69) is 0 Å². The van der Waals surface area contributed by atoms with Gasteiger partial charge in [-0.1, -0.05) is 44.9 Å². The van der Waals surface area contributed by atoms with Gasteiger partial charge < -0.3 is 10.2 Å². The SMILES string of the molecule is O=C(O)C(CCCO)CCCC1CCCCC1. The van der Waals surface area contributed by atoms with Crippen LogP contribution >= 0.6 is 0 Å². The number of aliphatic hydroxyl groups is 1. The topological polar surface area (TPSA) is 57.5 Å². The van der Waals surface area contributed by atoms with Crippen LogP contribution in [0, 0.1) is 11.8 Å². The molecule has 0 aromatic heterocycles. The molecule has 1 aliphatic carbocycles. The van der Waals surface area contributed by atoms with E-state index in [1.54, 1.807) is 0 Å². The second-order valence-electron chi connectivity index (χ2n) is 5.34. The van der Waals surface area contributed by atoms with Gasteiger partial charge in [0.25, 0.3) is 0 Å². The van der Waals surface area contributed by atoms with E-state index >= 15 is 0 Å². The van der Waals surface area contributed by atoms with Crippen LogP contribution in [-0.2, 0) is 4.79 Å². The minimum absolute atomic E-state index is 0.104. The van der Waals surface area contributed by atoms with Gasteiger partial charge in [0, 0.05) is 6.61 Å². The number of carboxylic acids is 1. The summed E-state index contributed by atoms with van der Waals surface area (Å²) in [6.45, 7) is 0.104. The smallest absolute Gasteiger partial charge is 0.306 e. The molecule has 1 rings (SSSR count). The fraction of sp³-hybridized carbons (Fsp3) is 0.929. The van der Waals surface area contributed by atoms with Gasteiger partial charge in [-0.25, -0.2) is 0 Å². The van der Waals surface area contributed by atoms with Gasteiger partial charge in [-0.3, -0.25) is 4.79 Å². The maximum atomic E-state index is 11.0. The van der Waals surface area contributed by atoms with Crippen LogP contribution in [0.3, 0.4) is 0 Å². The average Bonchev–Trinajstić information content (AvgIpc) is 2.34. The van der Waals surface area contributed by atoms with Gasteiger partial charge in [-0.05, 0) is 25.2 Å². The van der Waals surface area contributed by atoms with E-state index in [0.717, 1.165) is 18.8 Å². The van der Waals surface area contributed by atoms with Gasteiger partial charge in [0.1, 0.15) is 0 Å². The van der Waals surface area contributed by atoms with Crippen molar-refractivity contribution in [2.75, 3.05) is 6.61 Å². The third-order valence-corrected chi connectivity index (χ3v) is 3.95. The molecule has 1 unspecified atom stereocenters. The number of rotatable bonds is 8. The van der Waals surface area contributed by atoms with Crippen molar-refractivity contribution in [3.8, 4) is 0 Å². The summed E-state index contributed by atoms with van der Waals surface area (Å²) in [5.41, 5.74) is 0. The highest BCUT2D eigenvalue weighted by Crippen LogP contribution is 2.28. The largest absolute Gasteiger partial charge is 0.481 e. The zero-order valence-corrected chi connectivity index (χ0v) is 10.7. The molecule has 0 aliphatic heterocycles. The molecule has 1 aliphatic rings. The third kappa shape index (κ3) is 6.06. The zero-order valence-electron chi connectivity index (χ0n) is 10.7. The van der Waals surface area contributed by atoms with Crippen molar-refractivity contribution in [1.29, 1.82) is 0 Å². The molecule has 0 radical (unpaired) electrons. The van der Waals surface area contributed by atoms with E-state index < -0.39 is 5.97 Å². The monoisotopic (exact) mass is 242 g/mol. The summed E-state index contributed by atoms with van der Waals surface area (Å²) < 4.78 is 0. The highest BCUT2D eigenvalue weighted by atomic mass is 16.4. The molecule has 1 fully saturated rings. The van der Waals surface area contributed by atoms with E-state index in [1.165, 1.54) is 38.5 Å². The minimum atomic E-state index is -0.693. The van der Waals surface area contributed by atoms with Crippen molar-refractivity contribution < 1.29 is 15.0 Å². The quantitative estimate of drug-likeness (QED) is 0.687. The zero-order chi connectivity index (χ0) is 12.5. The Bertz CT molecular complexity index is 210. The summed E-state index contributed by atoms with van der Waals surface area (Å²) in [6.07, 6.45) is 11.0. The van der Waals surface area contributed by atoms with Gasteiger partial charge in [0.2, 0.25) is 0 Å². The molecule has 0 spiro atoms. The van der Waals surface area contributed by atoms with Crippen LogP contribution in [0.4, 0.5) is 0 Å². The molecule has 1 atom stereocenters. The molecule has 2 N–H and O–H groups in total. The van der Waals surface area contributed by atoms with E-state index in [-0.39, 0.29) is 12.5 Å². The second-order valence-corrected chi connectivity index (χ2v) is 5.34. The Morgan fingerprint density at radius 2 is 1.76 bits per heavy atom. The van der Waals surface area contributed by atoms with Gasteiger partial charge in [-0.15, -0.1) is 0 Å². The molecule has 100 valence electrons. The van der Waals surface area contributed by atoms with Crippen molar-refractivity contribution in [2.24, 2.45) is 11.8 Å². The Morgan fingerprint density at radius 3 is 2.35 bits per heavy atom. The van der Waals surface area contributed by atoms with Crippen molar-refractivity contribution in [3.63, 3.8) is 0 Å². The molecule has 0 amide bonds. The minimum Gasteiger partial charge on any atom is -0.481 e. The molecule has 17 heavy (non-hydrogen) atoms. The van der Waals surface area contributed by atoms with Gasteiger partial charge in [0.05, 0.1) is 5.92 Å². The highest BCUT2D eigenvalue weighted by molar-refractivity contribution is 5.69. The normalized spacial score (nSPS) is 19.1. The summed E-state index contributed by atoms with van der Waals surface area (Å²) in [6, 6.07) is 0. The van der Waals surface area contributed by atoms with Crippen molar-refractivity contribution in [1.82, 2.24) is 0 Å². The van der Waals surface area contributed by atoms with Crippen LogP contribution in [0.1, 0.15) is 64.2 Å². The first kappa shape index (κ1) is 14.5. The molecule has 0 bridgehead atoms. The average molecular weight is 242 g/mol. The Balaban J connectivity index is 2.14. The van der Waals surface area contributed by atoms with Gasteiger partial charge in [-0.2, -0.15) is 0 Å². The lowest BCUT2D eigenvalue weighted by Gasteiger charge is -2.22. The van der Waals surface area contributed by atoms with Crippen molar-refractivity contribution >= 4 is 5.97 Å². The summed E-state index contributed by atoms with van der Waals surface area (Å²) in [5.74, 6) is -0.0936. The fourth-order valence-electron chi connectivity index (χ4n) is 2.86. The molecule has 0 saturated heterocycles. The second kappa shape index (κ2) is 8.51. The Morgan fingerprint density at radius 1 is 1.12 bits per heavy atom. The lowest BCUT2D eigenvalue weighted by Crippen LogP contribution is -2.15. The van der Waals surface area contributed by atoms with E-state index in [9.17, 15) is 4.79 Å². The van der Waals surface area contributed by atoms with E-state index in [1.807, 2.05) is 0 Å². The highest BCUT2D eigenvalue weighted by Gasteiger charge is 2.18. The molecule has 0 aromatic carbocycles. The number of aliphatic carboxylic acids is 1. The maximum absolute atomic E-state index is 11.0. The summed E-state index contributed by atoms with van der Waals surface area (Å²) in [5, 5.41) is 17.8. The Kier molecular flexibility index (Phi) is 7.25. The summed E-state index contributed by atoms with van der Waals surface area (Å²) in [7, 11) is 0. The van der Waals surface area contributed by atoms with Crippen LogP contribution in [0.2, 0.25) is 0 Å². The number of aliphatic hydroxyl groups excluding tert-OH is 1. The third-order valence-electron chi connectivity index (χ3n) is 3.95. The number of carbonyl (C=O) groups is 1. The molecule has 3 heteroatoms. The first-order valence-electron chi connectivity index (χ1n) is 7.07. The fourth-order valence-corrected chi connectivity index (χ4v) is 2.86. The predicted molar refractivity (Wildman–Crippen MR) is 67.9 cm³/mol. The summed E-state index contributed by atoms with van der Waals surface area (Å²) in [4.78, 5) is 11.0. The number of hydrogen-bond acceptors (Lipinski definition) is 2. The van der Waals surface area contributed by atoms with Crippen LogP contribution in [0.15, 0.2) is 0 Å². The van der Waals surface area contributed by atoms with Crippen molar-refractivity contribution in [3.05, 3.63) is 0 Å². The van der Waals surface area contributed by atoms with Crippen LogP contribution in [-0.4, -0.2) is 22.8 Å².